The molecule has 7 nitrogen and oxygen atoms in total. The number of halogens is 3. The standard InChI is InChI=1S/C21H33F3N4O3/c1-4-15-14-26(11-12-31-15)17-13-18(29)28-9-7-16(21(22,23)24)27(19(28)25-17)10-8-20(30,5-2)6-3/h13,15-16,30H,4-12,14H2,1-3H3. The Balaban J connectivity index is 1.98. The molecular weight excluding hydrogens is 413 g/mol. The molecule has 2 aliphatic rings. The number of morpholine rings is 1. The molecular formula is C21H33F3N4O3. The van der Waals surface area contributed by atoms with E-state index >= 15 is 0 Å². The third kappa shape index (κ3) is 5.16. The number of hydrogen-bond donors (Lipinski definition) is 1. The second-order valence-electron chi connectivity index (χ2n) is 8.47. The van der Waals surface area contributed by atoms with Crippen LogP contribution in [0, 0.1) is 0 Å². The van der Waals surface area contributed by atoms with Crippen molar-refractivity contribution in [2.45, 2.75) is 83.3 Å². The second-order valence-corrected chi connectivity index (χ2v) is 8.47. The lowest BCUT2D eigenvalue weighted by Crippen LogP contribution is -2.54. The highest BCUT2D eigenvalue weighted by Gasteiger charge is 2.47. The van der Waals surface area contributed by atoms with Gasteiger partial charge in [0.05, 0.1) is 18.3 Å². The van der Waals surface area contributed by atoms with Gasteiger partial charge in [-0.15, -0.1) is 0 Å². The molecule has 1 N–H and O–H groups in total. The van der Waals surface area contributed by atoms with Crippen molar-refractivity contribution in [3.05, 3.63) is 16.4 Å². The Morgan fingerprint density at radius 3 is 2.55 bits per heavy atom. The fourth-order valence-corrected chi connectivity index (χ4v) is 4.32. The van der Waals surface area contributed by atoms with Crippen molar-refractivity contribution in [1.82, 2.24) is 9.55 Å². The van der Waals surface area contributed by atoms with E-state index in [1.54, 1.807) is 0 Å². The Morgan fingerprint density at radius 2 is 1.94 bits per heavy atom. The topological polar surface area (TPSA) is 70.8 Å². The zero-order chi connectivity index (χ0) is 22.8. The fraction of sp³-hybridized carbons (Fsp3) is 0.810. The maximum Gasteiger partial charge on any atom is 0.408 e. The monoisotopic (exact) mass is 446 g/mol. The van der Waals surface area contributed by atoms with Crippen LogP contribution < -0.4 is 15.4 Å². The van der Waals surface area contributed by atoms with Crippen LogP contribution in [0.3, 0.4) is 0 Å². The third-order valence-electron chi connectivity index (χ3n) is 6.66. The summed E-state index contributed by atoms with van der Waals surface area (Å²) in [5, 5.41) is 10.6. The van der Waals surface area contributed by atoms with Crippen LogP contribution in [0.4, 0.5) is 24.9 Å². The first-order valence-corrected chi connectivity index (χ1v) is 11.2. The number of aromatic nitrogens is 2. The molecule has 0 spiro atoms. The van der Waals surface area contributed by atoms with Crippen LogP contribution >= 0.6 is 0 Å². The quantitative estimate of drug-likeness (QED) is 0.695. The lowest BCUT2D eigenvalue weighted by Gasteiger charge is -2.41. The van der Waals surface area contributed by atoms with Crippen molar-refractivity contribution < 1.29 is 23.0 Å². The Kier molecular flexibility index (Phi) is 7.20. The number of rotatable bonds is 7. The van der Waals surface area contributed by atoms with Gasteiger partial charge in [0.15, 0.2) is 0 Å². The van der Waals surface area contributed by atoms with Crippen molar-refractivity contribution in [3.63, 3.8) is 0 Å². The molecule has 0 amide bonds. The summed E-state index contributed by atoms with van der Waals surface area (Å²) < 4.78 is 48.6. The summed E-state index contributed by atoms with van der Waals surface area (Å²) in [6, 6.07) is -0.331. The van der Waals surface area contributed by atoms with Gasteiger partial charge in [-0.2, -0.15) is 18.2 Å². The van der Waals surface area contributed by atoms with E-state index in [2.05, 4.69) is 4.98 Å². The number of alkyl halides is 3. The van der Waals surface area contributed by atoms with Gasteiger partial charge in [0.2, 0.25) is 5.95 Å². The first-order valence-electron chi connectivity index (χ1n) is 11.2. The average molecular weight is 447 g/mol. The number of anilines is 2. The molecule has 3 rings (SSSR count). The minimum atomic E-state index is -4.46. The molecule has 0 aliphatic carbocycles. The van der Waals surface area contributed by atoms with Crippen LogP contribution in [0.5, 0.6) is 0 Å². The highest BCUT2D eigenvalue weighted by Crippen LogP contribution is 2.35. The van der Waals surface area contributed by atoms with Crippen molar-refractivity contribution >= 4 is 11.8 Å². The second kappa shape index (κ2) is 9.36. The van der Waals surface area contributed by atoms with E-state index < -0.39 is 17.8 Å². The molecule has 10 heteroatoms. The highest BCUT2D eigenvalue weighted by atomic mass is 19.4. The minimum Gasteiger partial charge on any atom is -0.390 e. The number of hydrogen-bond acceptors (Lipinski definition) is 6. The predicted octanol–water partition coefficient (Wildman–Crippen LogP) is 2.94. The first kappa shape index (κ1) is 23.8. The summed E-state index contributed by atoms with van der Waals surface area (Å²) in [6.45, 7) is 7.13. The average Bonchev–Trinajstić information content (AvgIpc) is 2.76. The maximum atomic E-state index is 13.9. The number of ether oxygens (including phenoxy) is 1. The molecule has 0 bridgehead atoms. The summed E-state index contributed by atoms with van der Waals surface area (Å²) in [7, 11) is 0. The Morgan fingerprint density at radius 1 is 1.23 bits per heavy atom. The smallest absolute Gasteiger partial charge is 0.390 e. The molecule has 3 heterocycles. The van der Waals surface area contributed by atoms with Crippen molar-refractivity contribution in [2.24, 2.45) is 0 Å². The molecule has 2 unspecified atom stereocenters. The Hall–Kier alpha value is -1.81. The van der Waals surface area contributed by atoms with Gasteiger partial charge in [0, 0.05) is 32.2 Å². The van der Waals surface area contributed by atoms with Gasteiger partial charge in [0.25, 0.3) is 5.56 Å². The first-order chi connectivity index (χ1) is 14.6. The molecule has 31 heavy (non-hydrogen) atoms. The van der Waals surface area contributed by atoms with E-state index in [0.717, 1.165) is 6.42 Å². The summed E-state index contributed by atoms with van der Waals surface area (Å²) in [6.07, 6.45) is -2.82. The summed E-state index contributed by atoms with van der Waals surface area (Å²) in [5.41, 5.74) is -1.40. The van der Waals surface area contributed by atoms with Gasteiger partial charge in [0.1, 0.15) is 11.9 Å². The molecule has 2 aliphatic heterocycles. The van der Waals surface area contributed by atoms with Crippen LogP contribution in [0.15, 0.2) is 10.9 Å². The zero-order valence-electron chi connectivity index (χ0n) is 18.5. The molecule has 176 valence electrons. The van der Waals surface area contributed by atoms with E-state index in [1.165, 1.54) is 15.5 Å². The SMILES string of the molecule is CCC1CN(c2cc(=O)n3c(n2)N(CCC(O)(CC)CC)C(C(F)(F)F)CC3)CCO1. The summed E-state index contributed by atoms with van der Waals surface area (Å²) >= 11 is 0. The van der Waals surface area contributed by atoms with Gasteiger partial charge < -0.3 is 19.6 Å². The molecule has 0 radical (unpaired) electrons. The van der Waals surface area contributed by atoms with Crippen molar-refractivity contribution in [1.29, 1.82) is 0 Å². The van der Waals surface area contributed by atoms with E-state index in [1.807, 2.05) is 25.7 Å². The highest BCUT2D eigenvalue weighted by molar-refractivity contribution is 5.47. The largest absolute Gasteiger partial charge is 0.408 e. The normalized spacial score (nSPS) is 22.5. The lowest BCUT2D eigenvalue weighted by molar-refractivity contribution is -0.153. The third-order valence-corrected chi connectivity index (χ3v) is 6.66. The van der Waals surface area contributed by atoms with E-state index in [0.29, 0.717) is 38.4 Å². The maximum absolute atomic E-state index is 13.9. The van der Waals surface area contributed by atoms with Crippen molar-refractivity contribution in [3.8, 4) is 0 Å². The van der Waals surface area contributed by atoms with Crippen LogP contribution in [0.25, 0.3) is 0 Å². The van der Waals surface area contributed by atoms with Crippen molar-refractivity contribution in [2.75, 3.05) is 36.0 Å². The summed E-state index contributed by atoms with van der Waals surface area (Å²) in [4.78, 5) is 20.4. The molecule has 1 aromatic rings. The molecule has 1 aromatic heterocycles. The number of aliphatic hydroxyl groups is 1. The number of fused-ring (bicyclic) bond motifs is 1. The van der Waals surface area contributed by atoms with E-state index in [9.17, 15) is 23.1 Å². The van der Waals surface area contributed by atoms with E-state index in [4.69, 9.17) is 4.74 Å². The number of nitrogens with zero attached hydrogens (tertiary/aromatic N) is 4. The van der Waals surface area contributed by atoms with Gasteiger partial charge in [-0.05, 0) is 32.1 Å². The molecule has 1 fully saturated rings. The van der Waals surface area contributed by atoms with E-state index in [-0.39, 0.29) is 43.5 Å². The fourth-order valence-electron chi connectivity index (χ4n) is 4.32. The van der Waals surface area contributed by atoms with Gasteiger partial charge in [-0.1, -0.05) is 20.8 Å². The lowest BCUT2D eigenvalue weighted by atomic mass is 9.93. The van der Waals surface area contributed by atoms with Crippen LogP contribution in [-0.4, -0.2) is 64.8 Å². The van der Waals surface area contributed by atoms with Gasteiger partial charge >= 0.3 is 6.18 Å². The Bertz CT molecular complexity index is 810. The van der Waals surface area contributed by atoms with Crippen LogP contribution in [-0.2, 0) is 11.3 Å². The molecule has 2 atom stereocenters. The van der Waals surface area contributed by atoms with Gasteiger partial charge in [-0.25, -0.2) is 0 Å². The minimum absolute atomic E-state index is 0.00234. The zero-order valence-corrected chi connectivity index (χ0v) is 18.5. The molecule has 0 aromatic carbocycles. The molecule has 0 saturated carbocycles. The summed E-state index contributed by atoms with van der Waals surface area (Å²) in [5.74, 6) is 0.414. The Labute approximate surface area is 180 Å². The predicted molar refractivity (Wildman–Crippen MR) is 113 cm³/mol. The van der Waals surface area contributed by atoms with Gasteiger partial charge in [-0.3, -0.25) is 9.36 Å². The van der Waals surface area contributed by atoms with Crippen LogP contribution in [0.1, 0.15) is 52.9 Å². The molecule has 1 saturated heterocycles. The van der Waals surface area contributed by atoms with Crippen LogP contribution in [0.2, 0.25) is 0 Å².